The van der Waals surface area contributed by atoms with Crippen LogP contribution in [0.1, 0.15) is 37.0 Å². The van der Waals surface area contributed by atoms with Crippen LogP contribution in [0.5, 0.6) is 0 Å². The molecule has 0 N–H and O–H groups in total. The molecule has 0 aromatic carbocycles. The van der Waals surface area contributed by atoms with Crippen molar-refractivity contribution in [2.45, 2.75) is 32.7 Å². The Morgan fingerprint density at radius 3 is 2.94 bits per heavy atom. The minimum Gasteiger partial charge on any atom is -0.336 e. The van der Waals surface area contributed by atoms with Crippen LogP contribution in [0.3, 0.4) is 0 Å². The van der Waals surface area contributed by atoms with Crippen molar-refractivity contribution in [1.29, 1.82) is 0 Å². The predicted molar refractivity (Wildman–Crippen MR) is 63.1 cm³/mol. The average molecular weight is 236 g/mol. The molecule has 2 heterocycles. The Morgan fingerprint density at radius 2 is 2.24 bits per heavy atom. The number of carbonyl (C=O) groups is 1. The molecule has 92 valence electrons. The fourth-order valence-corrected chi connectivity index (χ4v) is 2.27. The molecule has 0 spiro atoms. The molecule has 1 aliphatic rings. The third kappa shape index (κ3) is 2.46. The number of aromatic nitrogens is 1. The molecule has 1 fully saturated rings. The molecule has 0 bridgehead atoms. The van der Waals surface area contributed by atoms with Gasteiger partial charge in [-0.05, 0) is 31.7 Å². The SMILES string of the molecule is CC1CCC(C)N(C(=O)c2ccncc2F)C1. The van der Waals surface area contributed by atoms with Gasteiger partial charge in [0.25, 0.3) is 5.91 Å². The molecule has 1 aliphatic heterocycles. The van der Waals surface area contributed by atoms with Gasteiger partial charge in [0, 0.05) is 18.8 Å². The molecular formula is C13H17FN2O. The smallest absolute Gasteiger partial charge is 0.257 e. The molecule has 3 nitrogen and oxygen atoms in total. The van der Waals surface area contributed by atoms with Crippen molar-refractivity contribution in [2.24, 2.45) is 5.92 Å². The summed E-state index contributed by atoms with van der Waals surface area (Å²) < 4.78 is 13.5. The second kappa shape index (κ2) is 4.82. The van der Waals surface area contributed by atoms with Crippen LogP contribution < -0.4 is 0 Å². The predicted octanol–water partition coefficient (Wildman–Crippen LogP) is 2.48. The summed E-state index contributed by atoms with van der Waals surface area (Å²) in [7, 11) is 0. The van der Waals surface area contributed by atoms with Crippen LogP contribution in [0.2, 0.25) is 0 Å². The van der Waals surface area contributed by atoms with Crippen molar-refractivity contribution < 1.29 is 9.18 Å². The molecular weight excluding hydrogens is 219 g/mol. The van der Waals surface area contributed by atoms with Crippen LogP contribution in [0.15, 0.2) is 18.5 Å². The van der Waals surface area contributed by atoms with Gasteiger partial charge in [-0.15, -0.1) is 0 Å². The highest BCUT2D eigenvalue weighted by Crippen LogP contribution is 2.23. The first-order chi connectivity index (χ1) is 8.09. The van der Waals surface area contributed by atoms with E-state index in [4.69, 9.17) is 0 Å². The van der Waals surface area contributed by atoms with Crippen LogP contribution in [0, 0.1) is 11.7 Å². The number of carbonyl (C=O) groups excluding carboxylic acids is 1. The molecule has 4 heteroatoms. The molecule has 2 unspecified atom stereocenters. The Balaban J connectivity index is 2.22. The third-order valence-electron chi connectivity index (χ3n) is 3.38. The summed E-state index contributed by atoms with van der Waals surface area (Å²) in [6.07, 6.45) is 4.66. The molecule has 0 radical (unpaired) electrons. The summed E-state index contributed by atoms with van der Waals surface area (Å²) in [6, 6.07) is 1.63. The van der Waals surface area contributed by atoms with Crippen molar-refractivity contribution in [3.8, 4) is 0 Å². The lowest BCUT2D eigenvalue weighted by Gasteiger charge is -2.36. The number of pyridine rings is 1. The highest BCUT2D eigenvalue weighted by atomic mass is 19.1. The largest absolute Gasteiger partial charge is 0.336 e. The Labute approximate surface area is 101 Å². The molecule has 1 aromatic heterocycles. The Morgan fingerprint density at radius 1 is 1.47 bits per heavy atom. The zero-order valence-electron chi connectivity index (χ0n) is 10.2. The molecule has 1 amide bonds. The van der Waals surface area contributed by atoms with Gasteiger partial charge in [-0.3, -0.25) is 9.78 Å². The highest BCUT2D eigenvalue weighted by molar-refractivity contribution is 5.94. The van der Waals surface area contributed by atoms with E-state index in [0.717, 1.165) is 19.0 Å². The summed E-state index contributed by atoms with van der Waals surface area (Å²) >= 11 is 0. The normalized spacial score (nSPS) is 24.8. The summed E-state index contributed by atoms with van der Waals surface area (Å²) in [5.41, 5.74) is 0.126. The Hall–Kier alpha value is -1.45. The second-order valence-corrected chi connectivity index (χ2v) is 4.84. The first-order valence-electron chi connectivity index (χ1n) is 6.00. The summed E-state index contributed by atoms with van der Waals surface area (Å²) in [4.78, 5) is 17.7. The first kappa shape index (κ1) is 12.0. The monoisotopic (exact) mass is 236 g/mol. The van der Waals surface area contributed by atoms with Crippen LogP contribution in [0.4, 0.5) is 4.39 Å². The molecule has 0 aliphatic carbocycles. The quantitative estimate of drug-likeness (QED) is 0.750. The number of nitrogens with zero attached hydrogens (tertiary/aromatic N) is 2. The minimum absolute atomic E-state index is 0.126. The lowest BCUT2D eigenvalue weighted by Crippen LogP contribution is -2.45. The van der Waals surface area contributed by atoms with Crippen molar-refractivity contribution in [2.75, 3.05) is 6.54 Å². The number of hydrogen-bond donors (Lipinski definition) is 0. The van der Waals surface area contributed by atoms with Gasteiger partial charge in [0.1, 0.15) is 0 Å². The molecule has 2 rings (SSSR count). The van der Waals surface area contributed by atoms with E-state index in [9.17, 15) is 9.18 Å². The van der Waals surface area contributed by atoms with Gasteiger partial charge in [0.2, 0.25) is 0 Å². The van der Waals surface area contributed by atoms with E-state index in [1.54, 1.807) is 4.90 Å². The van der Waals surface area contributed by atoms with Crippen LogP contribution in [-0.4, -0.2) is 28.4 Å². The molecule has 1 aromatic rings. The number of hydrogen-bond acceptors (Lipinski definition) is 2. The van der Waals surface area contributed by atoms with Crippen LogP contribution >= 0.6 is 0 Å². The van der Waals surface area contributed by atoms with E-state index in [1.807, 2.05) is 6.92 Å². The first-order valence-corrected chi connectivity index (χ1v) is 6.00. The van der Waals surface area contributed by atoms with Crippen molar-refractivity contribution in [3.63, 3.8) is 0 Å². The number of rotatable bonds is 1. The van der Waals surface area contributed by atoms with E-state index in [-0.39, 0.29) is 17.5 Å². The topological polar surface area (TPSA) is 33.2 Å². The van der Waals surface area contributed by atoms with Crippen molar-refractivity contribution in [3.05, 3.63) is 29.8 Å². The summed E-state index contributed by atoms with van der Waals surface area (Å²) in [5.74, 6) is -0.271. The van der Waals surface area contributed by atoms with Crippen molar-refractivity contribution in [1.82, 2.24) is 9.88 Å². The fraction of sp³-hybridized carbons (Fsp3) is 0.538. The van der Waals surface area contributed by atoms with Gasteiger partial charge < -0.3 is 4.90 Å². The van der Waals surface area contributed by atoms with E-state index in [1.165, 1.54) is 12.3 Å². The number of halogens is 1. The van der Waals surface area contributed by atoms with Gasteiger partial charge in [-0.1, -0.05) is 6.92 Å². The van der Waals surface area contributed by atoms with E-state index < -0.39 is 5.82 Å². The third-order valence-corrected chi connectivity index (χ3v) is 3.38. The standard InChI is InChI=1S/C13H17FN2O/c1-9-3-4-10(2)16(8-9)13(17)11-5-6-15-7-12(11)14/h5-7,9-10H,3-4,8H2,1-2H3. The second-order valence-electron chi connectivity index (χ2n) is 4.84. The van der Waals surface area contributed by atoms with E-state index in [2.05, 4.69) is 11.9 Å². The average Bonchev–Trinajstić information content (AvgIpc) is 2.32. The van der Waals surface area contributed by atoms with Gasteiger partial charge >= 0.3 is 0 Å². The Kier molecular flexibility index (Phi) is 3.41. The van der Waals surface area contributed by atoms with Gasteiger partial charge in [-0.2, -0.15) is 0 Å². The van der Waals surface area contributed by atoms with Gasteiger partial charge in [-0.25, -0.2) is 4.39 Å². The van der Waals surface area contributed by atoms with Crippen LogP contribution in [0.25, 0.3) is 0 Å². The fourth-order valence-electron chi connectivity index (χ4n) is 2.27. The van der Waals surface area contributed by atoms with Crippen molar-refractivity contribution >= 4 is 5.91 Å². The lowest BCUT2D eigenvalue weighted by atomic mass is 9.94. The maximum absolute atomic E-state index is 13.5. The zero-order valence-corrected chi connectivity index (χ0v) is 10.2. The minimum atomic E-state index is -0.539. The number of likely N-dealkylation sites (tertiary alicyclic amines) is 1. The van der Waals surface area contributed by atoms with E-state index >= 15 is 0 Å². The lowest BCUT2D eigenvalue weighted by molar-refractivity contribution is 0.0569. The van der Waals surface area contributed by atoms with Gasteiger partial charge in [0.15, 0.2) is 5.82 Å². The highest BCUT2D eigenvalue weighted by Gasteiger charge is 2.28. The number of amides is 1. The summed E-state index contributed by atoms with van der Waals surface area (Å²) in [5, 5.41) is 0. The zero-order chi connectivity index (χ0) is 12.4. The maximum Gasteiger partial charge on any atom is 0.257 e. The Bertz CT molecular complexity index is 422. The summed E-state index contributed by atoms with van der Waals surface area (Å²) in [6.45, 7) is 4.85. The van der Waals surface area contributed by atoms with Gasteiger partial charge in [0.05, 0.1) is 11.8 Å². The number of piperidine rings is 1. The molecule has 1 saturated heterocycles. The molecule has 17 heavy (non-hydrogen) atoms. The molecule has 0 saturated carbocycles. The molecule has 2 atom stereocenters. The van der Waals surface area contributed by atoms with Crippen LogP contribution in [-0.2, 0) is 0 Å². The van der Waals surface area contributed by atoms with E-state index in [0.29, 0.717) is 12.5 Å². The maximum atomic E-state index is 13.5.